The maximum atomic E-state index is 13.3. The van der Waals surface area contributed by atoms with Gasteiger partial charge in [0, 0.05) is 16.9 Å². The fourth-order valence-electron chi connectivity index (χ4n) is 4.23. The Balaban J connectivity index is 1.77. The number of esters is 1. The van der Waals surface area contributed by atoms with Crippen LogP contribution in [-0.2, 0) is 9.53 Å². The Morgan fingerprint density at radius 2 is 1.76 bits per heavy atom. The summed E-state index contributed by atoms with van der Waals surface area (Å²) < 4.78 is 23.5. The molecule has 0 bridgehead atoms. The number of hydrogen-bond acceptors (Lipinski definition) is 8. The number of rotatable bonds is 9. The molecule has 4 rings (SSSR count). The van der Waals surface area contributed by atoms with E-state index in [1.807, 2.05) is 6.92 Å². The van der Waals surface area contributed by atoms with Crippen molar-refractivity contribution in [2.24, 2.45) is 0 Å². The second-order valence-electron chi connectivity index (χ2n) is 8.16. The Morgan fingerprint density at radius 1 is 1.03 bits per heavy atom. The Labute approximate surface area is 215 Å². The van der Waals surface area contributed by atoms with E-state index < -0.39 is 12.0 Å². The highest BCUT2D eigenvalue weighted by Crippen LogP contribution is 2.42. The molecule has 1 atom stereocenters. The molecule has 2 N–H and O–H groups in total. The monoisotopic (exact) mass is 506 g/mol. The Bertz CT molecular complexity index is 1330. The highest BCUT2D eigenvalue weighted by atomic mass is 16.5. The van der Waals surface area contributed by atoms with Crippen molar-refractivity contribution < 1.29 is 28.5 Å². The molecule has 0 saturated heterocycles. The second kappa shape index (κ2) is 11.1. The lowest BCUT2D eigenvalue weighted by Gasteiger charge is -2.30. The van der Waals surface area contributed by atoms with E-state index in [1.54, 1.807) is 75.2 Å². The summed E-state index contributed by atoms with van der Waals surface area (Å²) in [6.07, 6.45) is 1.47. The van der Waals surface area contributed by atoms with Crippen LogP contribution in [0.3, 0.4) is 0 Å². The van der Waals surface area contributed by atoms with Crippen LogP contribution < -0.4 is 24.8 Å². The van der Waals surface area contributed by atoms with Gasteiger partial charge in [-0.05, 0) is 63.2 Å². The molecule has 1 aromatic heterocycles. The molecule has 1 aliphatic rings. The van der Waals surface area contributed by atoms with Crippen molar-refractivity contribution in [3.63, 3.8) is 0 Å². The Kier molecular flexibility index (Phi) is 7.66. The highest BCUT2D eigenvalue weighted by molar-refractivity contribution is 6.08. The van der Waals surface area contributed by atoms with E-state index in [9.17, 15) is 9.59 Å². The molecule has 10 nitrogen and oxygen atoms in total. The number of hydrogen-bond donors (Lipinski definition) is 2. The van der Waals surface area contributed by atoms with Gasteiger partial charge in [0.05, 0.1) is 39.2 Å². The number of carbonyl (C=O) groups is 2. The van der Waals surface area contributed by atoms with Crippen molar-refractivity contribution in [2.45, 2.75) is 26.8 Å². The van der Waals surface area contributed by atoms with Crippen molar-refractivity contribution in [3.05, 3.63) is 71.1 Å². The number of aromatic nitrogens is 2. The first-order valence-corrected chi connectivity index (χ1v) is 11.9. The van der Waals surface area contributed by atoms with E-state index in [2.05, 4.69) is 15.7 Å². The largest absolute Gasteiger partial charge is 0.497 e. The summed E-state index contributed by atoms with van der Waals surface area (Å²) in [5.41, 5.74) is 2.44. The molecule has 37 heavy (non-hydrogen) atoms. The normalized spacial score (nSPS) is 14.4. The lowest BCUT2D eigenvalue weighted by molar-refractivity contribution is -0.139. The van der Waals surface area contributed by atoms with Gasteiger partial charge in [0.15, 0.2) is 0 Å². The number of nitrogens with zero attached hydrogens (tertiary/aromatic N) is 2. The van der Waals surface area contributed by atoms with Crippen LogP contribution in [0.25, 0.3) is 0 Å². The number of benzene rings is 2. The van der Waals surface area contributed by atoms with Crippen molar-refractivity contribution in [1.29, 1.82) is 0 Å². The molecular weight excluding hydrogens is 476 g/mol. The van der Waals surface area contributed by atoms with Gasteiger partial charge in [0.25, 0.3) is 5.91 Å². The number of nitrogens with one attached hydrogen (secondary N) is 2. The summed E-state index contributed by atoms with van der Waals surface area (Å²) in [5, 5.41) is 10.6. The summed E-state index contributed by atoms with van der Waals surface area (Å²) in [7, 11) is 3.11. The average molecular weight is 507 g/mol. The standard InChI is InChI=1S/C27H30N4O6/c1-6-36-18-10-8-17(9-11-18)30-26(32)21-15-28-31-24(20-14-19(34-4)12-13-22(20)35-5)23(27(33)37-7-2)16(3)29-25(21)31/h8-15,24,29H,6-7H2,1-5H3,(H,30,32)/t24-/m0/s1. The predicted molar refractivity (Wildman–Crippen MR) is 138 cm³/mol. The Morgan fingerprint density at radius 3 is 2.41 bits per heavy atom. The van der Waals surface area contributed by atoms with E-state index in [0.717, 1.165) is 0 Å². The van der Waals surface area contributed by atoms with Crippen LogP contribution in [0.4, 0.5) is 11.5 Å². The van der Waals surface area contributed by atoms with Gasteiger partial charge >= 0.3 is 5.97 Å². The summed E-state index contributed by atoms with van der Waals surface area (Å²) in [4.78, 5) is 26.4. The lowest BCUT2D eigenvalue weighted by atomic mass is 9.94. The zero-order valence-electron chi connectivity index (χ0n) is 21.5. The van der Waals surface area contributed by atoms with Crippen molar-refractivity contribution in [1.82, 2.24) is 9.78 Å². The summed E-state index contributed by atoms with van der Waals surface area (Å²) in [6, 6.07) is 11.7. The SMILES string of the molecule is CCOC(=O)C1=C(C)Nc2c(C(=O)Nc3ccc(OCC)cc3)cnn2[C@H]1c1cc(OC)ccc1OC. The topological polar surface area (TPSA) is 113 Å². The predicted octanol–water partition coefficient (Wildman–Crippen LogP) is 4.40. The molecule has 10 heteroatoms. The minimum atomic E-state index is -0.729. The van der Waals surface area contributed by atoms with Crippen LogP contribution in [0.5, 0.6) is 17.2 Å². The van der Waals surface area contributed by atoms with Gasteiger partial charge in [-0.25, -0.2) is 9.48 Å². The smallest absolute Gasteiger partial charge is 0.338 e. The first kappa shape index (κ1) is 25.6. The zero-order chi connectivity index (χ0) is 26.5. The molecule has 1 aliphatic heterocycles. The maximum Gasteiger partial charge on any atom is 0.338 e. The van der Waals surface area contributed by atoms with Gasteiger partial charge in [-0.15, -0.1) is 0 Å². The minimum Gasteiger partial charge on any atom is -0.497 e. The van der Waals surface area contributed by atoms with Gasteiger partial charge in [-0.1, -0.05) is 0 Å². The molecule has 0 aliphatic carbocycles. The third-order valence-electron chi connectivity index (χ3n) is 5.92. The third-order valence-corrected chi connectivity index (χ3v) is 5.92. The number of carbonyl (C=O) groups excluding carboxylic acids is 2. The van der Waals surface area contributed by atoms with Crippen LogP contribution in [0.2, 0.25) is 0 Å². The molecule has 2 aromatic carbocycles. The number of fused-ring (bicyclic) bond motifs is 1. The van der Waals surface area contributed by atoms with Crippen LogP contribution in [0.1, 0.15) is 42.7 Å². The fourth-order valence-corrected chi connectivity index (χ4v) is 4.23. The van der Waals surface area contributed by atoms with Crippen LogP contribution in [0.15, 0.2) is 59.9 Å². The molecule has 2 heterocycles. The van der Waals surface area contributed by atoms with E-state index in [4.69, 9.17) is 18.9 Å². The quantitative estimate of drug-likeness (QED) is 0.411. The molecule has 0 fully saturated rings. The number of allylic oxidation sites excluding steroid dienone is 1. The van der Waals surface area contributed by atoms with Crippen LogP contribution in [0, 0.1) is 0 Å². The lowest BCUT2D eigenvalue weighted by Crippen LogP contribution is -2.30. The first-order valence-electron chi connectivity index (χ1n) is 11.9. The average Bonchev–Trinajstić information content (AvgIpc) is 3.32. The van der Waals surface area contributed by atoms with E-state index in [1.165, 1.54) is 6.20 Å². The van der Waals surface area contributed by atoms with Gasteiger partial charge in [-0.2, -0.15) is 5.10 Å². The second-order valence-corrected chi connectivity index (χ2v) is 8.16. The molecule has 0 radical (unpaired) electrons. The van der Waals surface area contributed by atoms with E-state index >= 15 is 0 Å². The summed E-state index contributed by atoms with van der Waals surface area (Å²) in [5.74, 6) is 1.41. The zero-order valence-corrected chi connectivity index (χ0v) is 21.5. The van der Waals surface area contributed by atoms with E-state index in [0.29, 0.717) is 57.8 Å². The van der Waals surface area contributed by atoms with Gasteiger partial charge in [-0.3, -0.25) is 4.79 Å². The van der Waals surface area contributed by atoms with Gasteiger partial charge in [0.2, 0.25) is 0 Å². The van der Waals surface area contributed by atoms with Crippen LogP contribution in [-0.4, -0.2) is 49.1 Å². The van der Waals surface area contributed by atoms with Crippen molar-refractivity contribution in [3.8, 4) is 17.2 Å². The third kappa shape index (κ3) is 5.09. The molecule has 1 amide bonds. The number of anilines is 2. The summed E-state index contributed by atoms with van der Waals surface area (Å²) >= 11 is 0. The van der Waals surface area contributed by atoms with Crippen molar-refractivity contribution in [2.75, 3.05) is 38.1 Å². The molecule has 194 valence electrons. The fraction of sp³-hybridized carbons (Fsp3) is 0.296. The molecule has 0 saturated carbocycles. The van der Waals surface area contributed by atoms with E-state index in [-0.39, 0.29) is 12.5 Å². The minimum absolute atomic E-state index is 0.208. The molecule has 3 aromatic rings. The van der Waals surface area contributed by atoms with Gasteiger partial charge in [0.1, 0.15) is 34.7 Å². The number of ether oxygens (including phenoxy) is 4. The Hall–Kier alpha value is -4.47. The first-order chi connectivity index (χ1) is 17.9. The molecule has 0 unspecified atom stereocenters. The van der Waals surface area contributed by atoms with Crippen molar-refractivity contribution >= 4 is 23.4 Å². The maximum absolute atomic E-state index is 13.3. The highest BCUT2D eigenvalue weighted by Gasteiger charge is 2.37. The number of methoxy groups -OCH3 is 2. The van der Waals surface area contributed by atoms with Crippen LogP contribution >= 0.6 is 0 Å². The molecular formula is C27H30N4O6. The number of amides is 1. The van der Waals surface area contributed by atoms with Gasteiger partial charge < -0.3 is 29.6 Å². The summed E-state index contributed by atoms with van der Waals surface area (Å²) in [6.45, 7) is 6.17. The molecule has 0 spiro atoms.